The van der Waals surface area contributed by atoms with E-state index in [2.05, 4.69) is 9.80 Å². The molecule has 0 amide bonds. The number of benzene rings is 2. The van der Waals surface area contributed by atoms with E-state index in [9.17, 15) is 9.90 Å². The summed E-state index contributed by atoms with van der Waals surface area (Å²) in [5.41, 5.74) is 1.92. The molecule has 1 fully saturated rings. The van der Waals surface area contributed by atoms with Gasteiger partial charge in [-0.05, 0) is 35.9 Å². The Morgan fingerprint density at radius 3 is 2.41 bits per heavy atom. The first-order valence-electron chi connectivity index (χ1n) is 9.65. The van der Waals surface area contributed by atoms with Gasteiger partial charge in [0, 0.05) is 44.3 Å². The molecule has 0 saturated carbocycles. The molecule has 4 rings (SSSR count). The lowest BCUT2D eigenvalue weighted by atomic mass is 10.0. The summed E-state index contributed by atoms with van der Waals surface area (Å²) in [6.07, 6.45) is 1.69. The predicted octanol–water partition coefficient (Wildman–Crippen LogP) is 2.77. The number of hydrogen-bond donors (Lipinski definition) is 2. The van der Waals surface area contributed by atoms with E-state index in [1.54, 1.807) is 30.3 Å². The molecule has 0 unspecified atom stereocenters. The molecule has 29 heavy (non-hydrogen) atoms. The fourth-order valence-electron chi connectivity index (χ4n) is 3.70. The second-order valence-corrected chi connectivity index (χ2v) is 7.71. The normalized spacial score (nSPS) is 18.8. The number of phenols is 1. The highest BCUT2D eigenvalue weighted by atomic mass is 35.5. The van der Waals surface area contributed by atoms with Crippen LogP contribution in [0, 0.1) is 0 Å². The molecular formula is C22H23ClN2O4. The summed E-state index contributed by atoms with van der Waals surface area (Å²) >= 11 is 5.92. The maximum Gasteiger partial charge on any atom is 0.231 e. The SMILES string of the molecule is O=C1C(=Cc2ccc(Cl)cc2)Oc2c1ccc(O)c2CN1CCN(CCO)CC1. The van der Waals surface area contributed by atoms with Crippen LogP contribution < -0.4 is 4.74 Å². The summed E-state index contributed by atoms with van der Waals surface area (Å²) in [5.74, 6) is 0.612. The number of allylic oxidation sites excluding steroid dienone is 1. The van der Waals surface area contributed by atoms with Crippen molar-refractivity contribution in [3.05, 3.63) is 63.9 Å². The van der Waals surface area contributed by atoms with Gasteiger partial charge in [-0.2, -0.15) is 0 Å². The van der Waals surface area contributed by atoms with Crippen molar-refractivity contribution in [2.75, 3.05) is 39.3 Å². The molecule has 6 nitrogen and oxygen atoms in total. The number of aromatic hydroxyl groups is 1. The van der Waals surface area contributed by atoms with E-state index in [1.807, 2.05) is 12.1 Å². The number of aliphatic hydroxyl groups excluding tert-OH is 1. The van der Waals surface area contributed by atoms with E-state index in [0.717, 1.165) is 31.7 Å². The van der Waals surface area contributed by atoms with E-state index < -0.39 is 0 Å². The van der Waals surface area contributed by atoms with Crippen molar-refractivity contribution in [3.8, 4) is 11.5 Å². The molecule has 0 aliphatic carbocycles. The number of carbonyl (C=O) groups excluding carboxylic acids is 1. The van der Waals surface area contributed by atoms with Crippen LogP contribution in [0.25, 0.3) is 6.08 Å². The van der Waals surface area contributed by atoms with Gasteiger partial charge in [-0.15, -0.1) is 0 Å². The van der Waals surface area contributed by atoms with Crippen LogP contribution in [-0.4, -0.2) is 65.1 Å². The quantitative estimate of drug-likeness (QED) is 0.733. The molecule has 2 aromatic carbocycles. The number of Topliss-reactive ketones (excluding diaryl/α,β-unsaturated/α-hetero) is 1. The lowest BCUT2D eigenvalue weighted by Crippen LogP contribution is -2.46. The molecule has 2 aliphatic heterocycles. The second-order valence-electron chi connectivity index (χ2n) is 7.27. The van der Waals surface area contributed by atoms with Crippen molar-refractivity contribution in [1.29, 1.82) is 0 Å². The van der Waals surface area contributed by atoms with Crippen molar-refractivity contribution in [2.45, 2.75) is 6.54 Å². The summed E-state index contributed by atoms with van der Waals surface area (Å²) in [6.45, 7) is 4.70. The Morgan fingerprint density at radius 2 is 1.72 bits per heavy atom. The molecule has 152 valence electrons. The standard InChI is InChI=1S/C22H23ClN2O4/c23-16-3-1-15(2-4-16)13-20-21(28)17-5-6-19(27)18(22(17)29-20)14-25-9-7-24(8-10-25)11-12-26/h1-6,13,26-27H,7-12,14H2. The molecule has 1 saturated heterocycles. The van der Waals surface area contributed by atoms with Gasteiger partial charge < -0.3 is 14.9 Å². The predicted molar refractivity (Wildman–Crippen MR) is 111 cm³/mol. The minimum absolute atomic E-state index is 0.127. The number of nitrogens with zero attached hydrogens (tertiary/aromatic N) is 2. The van der Waals surface area contributed by atoms with Crippen LogP contribution in [0.2, 0.25) is 5.02 Å². The highest BCUT2D eigenvalue weighted by molar-refractivity contribution is 6.30. The molecule has 2 aromatic rings. The summed E-state index contributed by atoms with van der Waals surface area (Å²) in [5, 5.41) is 20.1. The van der Waals surface area contributed by atoms with Crippen molar-refractivity contribution in [1.82, 2.24) is 9.80 Å². The van der Waals surface area contributed by atoms with E-state index >= 15 is 0 Å². The highest BCUT2D eigenvalue weighted by Crippen LogP contribution is 2.40. The third kappa shape index (κ3) is 4.31. The van der Waals surface area contributed by atoms with Crippen LogP contribution >= 0.6 is 11.6 Å². The summed E-state index contributed by atoms with van der Waals surface area (Å²) in [7, 11) is 0. The lowest BCUT2D eigenvalue weighted by molar-refractivity contribution is 0.101. The van der Waals surface area contributed by atoms with Crippen LogP contribution in [-0.2, 0) is 6.54 Å². The van der Waals surface area contributed by atoms with E-state index in [4.69, 9.17) is 21.4 Å². The Morgan fingerprint density at radius 1 is 1.03 bits per heavy atom. The average molecular weight is 415 g/mol. The monoisotopic (exact) mass is 414 g/mol. The summed E-state index contributed by atoms with van der Waals surface area (Å²) in [6, 6.07) is 10.3. The fraction of sp³-hybridized carbons (Fsp3) is 0.318. The Kier molecular flexibility index (Phi) is 5.87. The minimum atomic E-state index is -0.191. The van der Waals surface area contributed by atoms with Gasteiger partial charge in [0.05, 0.1) is 17.7 Å². The van der Waals surface area contributed by atoms with Gasteiger partial charge in [0.1, 0.15) is 11.5 Å². The van der Waals surface area contributed by atoms with Gasteiger partial charge >= 0.3 is 0 Å². The molecule has 2 N–H and O–H groups in total. The van der Waals surface area contributed by atoms with Crippen LogP contribution in [0.5, 0.6) is 11.5 Å². The summed E-state index contributed by atoms with van der Waals surface area (Å²) < 4.78 is 5.92. The molecule has 0 atom stereocenters. The molecule has 0 spiro atoms. The first-order chi connectivity index (χ1) is 14.0. The molecule has 0 bridgehead atoms. The van der Waals surface area contributed by atoms with E-state index in [0.29, 0.717) is 35.0 Å². The Hall–Kier alpha value is -2.38. The molecule has 0 aromatic heterocycles. The minimum Gasteiger partial charge on any atom is -0.507 e. The van der Waals surface area contributed by atoms with Crippen molar-refractivity contribution < 1.29 is 19.7 Å². The Labute approximate surface area is 174 Å². The third-order valence-corrected chi connectivity index (χ3v) is 5.60. The van der Waals surface area contributed by atoms with E-state index in [-0.39, 0.29) is 23.9 Å². The molecular weight excluding hydrogens is 392 g/mol. The molecule has 0 radical (unpaired) electrons. The van der Waals surface area contributed by atoms with E-state index in [1.165, 1.54) is 0 Å². The van der Waals surface area contributed by atoms with Gasteiger partial charge in [-0.1, -0.05) is 23.7 Å². The Balaban J connectivity index is 1.54. The summed E-state index contributed by atoms with van der Waals surface area (Å²) in [4.78, 5) is 17.2. The van der Waals surface area contributed by atoms with Gasteiger partial charge in [-0.25, -0.2) is 0 Å². The largest absolute Gasteiger partial charge is 0.507 e. The van der Waals surface area contributed by atoms with Crippen LogP contribution in [0.1, 0.15) is 21.5 Å². The van der Waals surface area contributed by atoms with Crippen molar-refractivity contribution >= 4 is 23.5 Å². The zero-order valence-electron chi connectivity index (χ0n) is 16.0. The van der Waals surface area contributed by atoms with Gasteiger partial charge in [0.2, 0.25) is 5.78 Å². The molecule has 7 heteroatoms. The number of ketones is 1. The maximum atomic E-state index is 12.8. The van der Waals surface area contributed by atoms with Crippen LogP contribution in [0.4, 0.5) is 0 Å². The maximum absolute atomic E-state index is 12.8. The number of aliphatic hydroxyl groups is 1. The first kappa shape index (κ1) is 19.9. The fourth-order valence-corrected chi connectivity index (χ4v) is 3.82. The Bertz CT molecular complexity index is 935. The van der Waals surface area contributed by atoms with Crippen molar-refractivity contribution in [2.24, 2.45) is 0 Å². The topological polar surface area (TPSA) is 73.2 Å². The zero-order valence-corrected chi connectivity index (χ0v) is 16.7. The number of fused-ring (bicyclic) bond motifs is 1. The zero-order chi connectivity index (χ0) is 20.4. The number of ether oxygens (including phenoxy) is 1. The number of halogens is 1. The highest BCUT2D eigenvalue weighted by Gasteiger charge is 2.32. The number of β-amino-alcohol motifs (C(OH)–C–C–N with tert-alkyl or cyclic N) is 1. The van der Waals surface area contributed by atoms with Gasteiger partial charge in [0.15, 0.2) is 5.76 Å². The third-order valence-electron chi connectivity index (χ3n) is 5.35. The first-order valence-corrected chi connectivity index (χ1v) is 10.0. The number of carbonyl (C=O) groups is 1. The number of hydrogen-bond acceptors (Lipinski definition) is 6. The van der Waals surface area contributed by atoms with Crippen molar-refractivity contribution in [3.63, 3.8) is 0 Å². The number of rotatable bonds is 5. The van der Waals surface area contributed by atoms with Gasteiger partial charge in [0.25, 0.3) is 0 Å². The molecule has 2 aliphatic rings. The average Bonchev–Trinajstić information content (AvgIpc) is 3.03. The number of piperazine rings is 1. The van der Waals surface area contributed by atoms with Crippen LogP contribution in [0.15, 0.2) is 42.2 Å². The van der Waals surface area contributed by atoms with Gasteiger partial charge in [-0.3, -0.25) is 14.6 Å². The smallest absolute Gasteiger partial charge is 0.231 e. The van der Waals surface area contributed by atoms with Crippen LogP contribution in [0.3, 0.4) is 0 Å². The second kappa shape index (κ2) is 8.55. The molecule has 2 heterocycles. The number of phenolic OH excluding ortho intramolecular Hbond substituents is 1. The lowest BCUT2D eigenvalue weighted by Gasteiger charge is -2.34.